The first-order valence-electron chi connectivity index (χ1n) is 7.62. The molecule has 0 saturated carbocycles. The Bertz CT molecular complexity index is 650. The van der Waals surface area contributed by atoms with Gasteiger partial charge in [-0.05, 0) is 30.0 Å². The Morgan fingerprint density at radius 3 is 2.58 bits per heavy atom. The van der Waals surface area contributed by atoms with Crippen molar-refractivity contribution in [2.24, 2.45) is 0 Å². The number of aliphatic carboxylic acids is 2. The number of rotatable bonds is 5. The number of hydrogen-bond donors (Lipinski definition) is 3. The Morgan fingerprint density at radius 1 is 1.25 bits per heavy atom. The lowest BCUT2D eigenvalue weighted by Gasteiger charge is -2.21. The maximum absolute atomic E-state index is 11.3. The lowest BCUT2D eigenvalue weighted by Crippen LogP contribution is -2.31. The molecular weight excluding hydrogens is 314 g/mol. The van der Waals surface area contributed by atoms with E-state index >= 15 is 0 Å². The molecule has 0 aliphatic carbocycles. The first-order chi connectivity index (χ1) is 11.5. The number of benzene rings is 1. The molecule has 1 aromatic carbocycles. The van der Waals surface area contributed by atoms with Crippen LogP contribution in [0.25, 0.3) is 6.08 Å². The zero-order chi connectivity index (χ0) is 17.5. The van der Waals surface area contributed by atoms with Gasteiger partial charge < -0.3 is 20.3 Å². The van der Waals surface area contributed by atoms with Gasteiger partial charge in [-0.2, -0.15) is 0 Å². The van der Waals surface area contributed by atoms with E-state index in [2.05, 4.69) is 5.32 Å². The van der Waals surface area contributed by atoms with Crippen LogP contribution in [0.4, 0.5) is 4.79 Å². The zero-order valence-corrected chi connectivity index (χ0v) is 13.0. The van der Waals surface area contributed by atoms with Crippen molar-refractivity contribution in [2.45, 2.75) is 25.2 Å². The third kappa shape index (κ3) is 5.12. The fourth-order valence-corrected chi connectivity index (χ4v) is 2.56. The Morgan fingerprint density at radius 2 is 1.96 bits per heavy atom. The lowest BCUT2D eigenvalue weighted by atomic mass is 9.93. The third-order valence-electron chi connectivity index (χ3n) is 3.79. The van der Waals surface area contributed by atoms with Gasteiger partial charge in [-0.1, -0.05) is 24.3 Å². The summed E-state index contributed by atoms with van der Waals surface area (Å²) in [7, 11) is 0. The van der Waals surface area contributed by atoms with Crippen molar-refractivity contribution in [1.29, 1.82) is 0 Å². The maximum Gasteiger partial charge on any atom is 0.407 e. The van der Waals surface area contributed by atoms with Crippen molar-refractivity contribution in [3.63, 3.8) is 0 Å². The minimum Gasteiger partial charge on any atom is -0.481 e. The molecule has 3 N–H and O–H groups in total. The number of amides is 1. The smallest absolute Gasteiger partial charge is 0.407 e. The van der Waals surface area contributed by atoms with E-state index < -0.39 is 24.5 Å². The standard InChI is InChI=1S/C17H19NO6/c19-15(20)9-14(16(21)22)8-11-3-5-12(6-4-11)13-2-1-7-24-17(23)18-10-13/h3-6,8,13H,1-2,7,9-10H2,(H,18,23)(H,19,20)(H,21,22)/b14-8+/t13-/m1/s1. The number of hydrogen-bond acceptors (Lipinski definition) is 4. The summed E-state index contributed by atoms with van der Waals surface area (Å²) in [5.41, 5.74) is 1.48. The third-order valence-corrected chi connectivity index (χ3v) is 3.79. The summed E-state index contributed by atoms with van der Waals surface area (Å²) in [5.74, 6) is -2.27. The van der Waals surface area contributed by atoms with Gasteiger partial charge in [-0.3, -0.25) is 4.79 Å². The predicted octanol–water partition coefficient (Wildman–Crippen LogP) is 2.23. The van der Waals surface area contributed by atoms with E-state index in [1.807, 2.05) is 12.1 Å². The number of nitrogens with one attached hydrogen (secondary N) is 1. The number of carboxylic acid groups (broad SMARTS) is 2. The average molecular weight is 333 g/mol. The van der Waals surface area contributed by atoms with Gasteiger partial charge in [-0.25, -0.2) is 9.59 Å². The number of cyclic esters (lactones) is 1. The first kappa shape index (κ1) is 17.5. The molecule has 0 unspecified atom stereocenters. The minimum absolute atomic E-state index is 0.161. The highest BCUT2D eigenvalue weighted by Crippen LogP contribution is 2.23. The van der Waals surface area contributed by atoms with E-state index in [-0.39, 0.29) is 11.5 Å². The summed E-state index contributed by atoms with van der Waals surface area (Å²) in [5, 5.41) is 20.5. The average Bonchev–Trinajstić information content (AvgIpc) is 2.51. The molecular formula is C17H19NO6. The molecule has 0 aromatic heterocycles. The van der Waals surface area contributed by atoms with E-state index in [1.165, 1.54) is 6.08 Å². The topological polar surface area (TPSA) is 113 Å². The van der Waals surface area contributed by atoms with E-state index in [0.717, 1.165) is 18.4 Å². The van der Waals surface area contributed by atoms with Crippen LogP contribution >= 0.6 is 0 Å². The highest BCUT2D eigenvalue weighted by atomic mass is 16.5. The number of alkyl carbamates (subject to hydrolysis) is 1. The minimum atomic E-state index is -1.25. The molecule has 0 radical (unpaired) electrons. The molecule has 7 nitrogen and oxygen atoms in total. The Labute approximate surface area is 138 Å². The van der Waals surface area contributed by atoms with Crippen LogP contribution in [0, 0.1) is 0 Å². The fraction of sp³-hybridized carbons (Fsp3) is 0.353. The molecule has 0 spiro atoms. The molecule has 1 saturated heterocycles. The second-order valence-electron chi connectivity index (χ2n) is 5.57. The molecule has 1 atom stereocenters. The molecule has 2 rings (SSSR count). The van der Waals surface area contributed by atoms with E-state index in [1.54, 1.807) is 12.1 Å². The van der Waals surface area contributed by atoms with E-state index in [9.17, 15) is 14.4 Å². The summed E-state index contributed by atoms with van der Waals surface area (Å²) >= 11 is 0. The summed E-state index contributed by atoms with van der Waals surface area (Å²) < 4.78 is 4.92. The van der Waals surface area contributed by atoms with E-state index in [0.29, 0.717) is 18.7 Å². The van der Waals surface area contributed by atoms with Crippen molar-refractivity contribution < 1.29 is 29.3 Å². The maximum atomic E-state index is 11.3. The number of carbonyl (C=O) groups excluding carboxylic acids is 1. The normalized spacial score (nSPS) is 18.8. The largest absolute Gasteiger partial charge is 0.481 e. The van der Waals surface area contributed by atoms with Crippen LogP contribution in [0.2, 0.25) is 0 Å². The van der Waals surface area contributed by atoms with Gasteiger partial charge in [0.05, 0.1) is 13.0 Å². The highest BCUT2D eigenvalue weighted by Gasteiger charge is 2.17. The summed E-state index contributed by atoms with van der Waals surface area (Å²) in [6.07, 6.45) is 2.05. The lowest BCUT2D eigenvalue weighted by molar-refractivity contribution is -0.139. The zero-order valence-electron chi connectivity index (χ0n) is 13.0. The van der Waals surface area contributed by atoms with Crippen molar-refractivity contribution in [3.8, 4) is 0 Å². The van der Waals surface area contributed by atoms with Crippen molar-refractivity contribution in [3.05, 3.63) is 41.0 Å². The molecule has 1 aliphatic rings. The Balaban J connectivity index is 2.12. The Kier molecular flexibility index (Phi) is 5.95. The van der Waals surface area contributed by atoms with Gasteiger partial charge in [0.2, 0.25) is 0 Å². The van der Waals surface area contributed by atoms with Crippen molar-refractivity contribution in [1.82, 2.24) is 5.32 Å². The second-order valence-corrected chi connectivity index (χ2v) is 5.57. The molecule has 0 bridgehead atoms. The quantitative estimate of drug-likeness (QED) is 0.712. The molecule has 128 valence electrons. The SMILES string of the molecule is O=C(O)C/C(=C\c1ccc([C@@H]2CCCOC(=O)NC2)cc1)C(=O)O. The van der Waals surface area contributed by atoms with Crippen LogP contribution in [0.1, 0.15) is 36.3 Å². The molecule has 1 amide bonds. The van der Waals surface area contributed by atoms with Crippen LogP contribution in [0.5, 0.6) is 0 Å². The van der Waals surface area contributed by atoms with Crippen molar-refractivity contribution in [2.75, 3.05) is 13.2 Å². The molecule has 24 heavy (non-hydrogen) atoms. The van der Waals surface area contributed by atoms with Crippen LogP contribution in [0.3, 0.4) is 0 Å². The van der Waals surface area contributed by atoms with Crippen LogP contribution in [0.15, 0.2) is 29.8 Å². The van der Waals surface area contributed by atoms with Gasteiger partial charge >= 0.3 is 18.0 Å². The predicted molar refractivity (Wildman–Crippen MR) is 85.6 cm³/mol. The molecule has 7 heteroatoms. The van der Waals surface area contributed by atoms with Gasteiger partial charge in [-0.15, -0.1) is 0 Å². The van der Waals surface area contributed by atoms with Gasteiger partial charge in [0, 0.05) is 18.0 Å². The van der Waals surface area contributed by atoms with Crippen LogP contribution in [-0.2, 0) is 14.3 Å². The van der Waals surface area contributed by atoms with E-state index in [4.69, 9.17) is 14.9 Å². The fourth-order valence-electron chi connectivity index (χ4n) is 2.56. The summed E-state index contributed by atoms with van der Waals surface area (Å²) in [6, 6.07) is 7.23. The van der Waals surface area contributed by atoms with Crippen LogP contribution in [-0.4, -0.2) is 41.4 Å². The monoisotopic (exact) mass is 333 g/mol. The Hall–Kier alpha value is -2.83. The van der Waals surface area contributed by atoms with Gasteiger partial charge in [0.1, 0.15) is 0 Å². The first-order valence-corrected chi connectivity index (χ1v) is 7.62. The molecule has 1 aromatic rings. The number of ether oxygens (including phenoxy) is 1. The summed E-state index contributed by atoms with van der Waals surface area (Å²) in [4.78, 5) is 33.1. The summed E-state index contributed by atoms with van der Waals surface area (Å²) in [6.45, 7) is 0.869. The van der Waals surface area contributed by atoms with Crippen molar-refractivity contribution >= 4 is 24.1 Å². The highest BCUT2D eigenvalue weighted by molar-refractivity contribution is 5.96. The van der Waals surface area contributed by atoms with Crippen LogP contribution < -0.4 is 5.32 Å². The molecule has 1 fully saturated rings. The molecule has 1 heterocycles. The van der Waals surface area contributed by atoms with Gasteiger partial charge in [0.15, 0.2) is 0 Å². The second kappa shape index (κ2) is 8.14. The molecule has 1 aliphatic heterocycles. The number of carbonyl (C=O) groups is 3. The van der Waals surface area contributed by atoms with Gasteiger partial charge in [0.25, 0.3) is 0 Å². The number of carboxylic acids is 2.